The number of hydrogen-bond donors (Lipinski definition) is 2. The molecule has 1 amide bonds. The molecule has 6 heteroatoms. The van der Waals surface area contributed by atoms with Gasteiger partial charge in [-0.3, -0.25) is 9.59 Å². The van der Waals surface area contributed by atoms with Crippen LogP contribution in [-0.4, -0.2) is 17.0 Å². The molecule has 18 heavy (non-hydrogen) atoms. The number of aliphatic carboxylic acids is 1. The molecule has 0 aliphatic carbocycles. The van der Waals surface area contributed by atoms with Gasteiger partial charge in [-0.2, -0.15) is 5.26 Å². The molecular formula is C12H11ClN2O3. The van der Waals surface area contributed by atoms with Gasteiger partial charge in [0.15, 0.2) is 0 Å². The molecule has 0 aromatic heterocycles. The maximum atomic E-state index is 11.5. The van der Waals surface area contributed by atoms with Gasteiger partial charge in [-0.25, -0.2) is 0 Å². The number of amides is 1. The summed E-state index contributed by atoms with van der Waals surface area (Å²) >= 11 is 5.76. The molecule has 0 fully saturated rings. The molecule has 5 nitrogen and oxygen atoms in total. The minimum Gasteiger partial charge on any atom is -0.481 e. The van der Waals surface area contributed by atoms with Crippen LogP contribution in [0.4, 0.5) is 5.69 Å². The Morgan fingerprint density at radius 1 is 1.39 bits per heavy atom. The van der Waals surface area contributed by atoms with E-state index in [9.17, 15) is 9.59 Å². The lowest BCUT2D eigenvalue weighted by Gasteiger charge is -2.06. The topological polar surface area (TPSA) is 90.2 Å². The largest absolute Gasteiger partial charge is 0.481 e. The van der Waals surface area contributed by atoms with Crippen LogP contribution in [0.2, 0.25) is 5.02 Å². The standard InChI is InChI=1S/C12H11ClN2O3/c13-9-5-4-8(7-14)10(6-9)15-11(16)2-1-3-12(17)18/h4-6H,1-3H2,(H,15,16)(H,17,18). The molecule has 0 heterocycles. The number of carboxylic acid groups (broad SMARTS) is 1. The van der Waals surface area contributed by atoms with Crippen LogP contribution in [0.25, 0.3) is 0 Å². The molecule has 0 saturated heterocycles. The summed E-state index contributed by atoms with van der Waals surface area (Å²) in [6.07, 6.45) is 0.279. The van der Waals surface area contributed by atoms with Crippen molar-refractivity contribution in [3.63, 3.8) is 0 Å². The number of carbonyl (C=O) groups excluding carboxylic acids is 1. The van der Waals surface area contributed by atoms with Crippen molar-refractivity contribution < 1.29 is 14.7 Å². The molecule has 0 aliphatic rings. The van der Waals surface area contributed by atoms with E-state index in [1.54, 1.807) is 6.07 Å². The first-order valence-electron chi connectivity index (χ1n) is 5.24. The summed E-state index contributed by atoms with van der Waals surface area (Å²) in [4.78, 5) is 21.8. The maximum Gasteiger partial charge on any atom is 0.303 e. The fraction of sp³-hybridized carbons (Fsp3) is 0.250. The van der Waals surface area contributed by atoms with Gasteiger partial charge in [0.05, 0.1) is 11.3 Å². The molecule has 0 aliphatic heterocycles. The van der Waals surface area contributed by atoms with Gasteiger partial charge in [0.25, 0.3) is 0 Å². The smallest absolute Gasteiger partial charge is 0.303 e. The molecule has 0 atom stereocenters. The average molecular weight is 267 g/mol. The molecule has 1 aromatic carbocycles. The lowest BCUT2D eigenvalue weighted by atomic mass is 10.2. The summed E-state index contributed by atoms with van der Waals surface area (Å²) in [5.41, 5.74) is 0.649. The van der Waals surface area contributed by atoms with Crippen molar-refractivity contribution in [2.45, 2.75) is 19.3 Å². The normalized spacial score (nSPS) is 9.56. The third kappa shape index (κ3) is 4.44. The fourth-order valence-corrected chi connectivity index (χ4v) is 1.50. The minimum absolute atomic E-state index is 0.0614. The highest BCUT2D eigenvalue weighted by Gasteiger charge is 2.08. The van der Waals surface area contributed by atoms with Gasteiger partial charge < -0.3 is 10.4 Å². The van der Waals surface area contributed by atoms with E-state index in [1.165, 1.54) is 12.1 Å². The van der Waals surface area contributed by atoms with Crippen molar-refractivity contribution >= 4 is 29.2 Å². The highest BCUT2D eigenvalue weighted by Crippen LogP contribution is 2.20. The van der Waals surface area contributed by atoms with Gasteiger partial charge in [0.2, 0.25) is 5.91 Å². The molecule has 0 unspecified atom stereocenters. The number of hydrogen-bond acceptors (Lipinski definition) is 3. The van der Waals surface area contributed by atoms with E-state index in [0.29, 0.717) is 16.3 Å². The van der Waals surface area contributed by atoms with E-state index in [4.69, 9.17) is 22.0 Å². The summed E-state index contributed by atoms with van der Waals surface area (Å²) in [5, 5.41) is 20.2. The highest BCUT2D eigenvalue weighted by atomic mass is 35.5. The monoisotopic (exact) mass is 266 g/mol. The van der Waals surface area contributed by atoms with Crippen molar-refractivity contribution in [3.05, 3.63) is 28.8 Å². The predicted octanol–water partition coefficient (Wildman–Crippen LogP) is 2.41. The second-order valence-corrected chi connectivity index (χ2v) is 4.03. The molecule has 1 rings (SSSR count). The van der Waals surface area contributed by atoms with Crippen LogP contribution < -0.4 is 5.32 Å². The molecule has 0 saturated carbocycles. The predicted molar refractivity (Wildman–Crippen MR) is 66.3 cm³/mol. The van der Waals surface area contributed by atoms with Gasteiger partial charge in [-0.05, 0) is 24.6 Å². The number of nitrogens with one attached hydrogen (secondary N) is 1. The summed E-state index contributed by atoms with van der Waals surface area (Å²) in [6, 6.07) is 6.48. The first-order chi connectivity index (χ1) is 8.52. The van der Waals surface area contributed by atoms with Gasteiger partial charge in [-0.1, -0.05) is 11.6 Å². The van der Waals surface area contributed by atoms with Crippen LogP contribution in [0.15, 0.2) is 18.2 Å². The Bertz CT molecular complexity index is 509. The van der Waals surface area contributed by atoms with E-state index in [2.05, 4.69) is 5.32 Å². The molecule has 0 bridgehead atoms. The number of rotatable bonds is 5. The maximum absolute atomic E-state index is 11.5. The summed E-state index contributed by atoms with van der Waals surface area (Å²) in [7, 11) is 0. The quantitative estimate of drug-likeness (QED) is 0.856. The summed E-state index contributed by atoms with van der Waals surface area (Å²) in [5.74, 6) is -1.28. The highest BCUT2D eigenvalue weighted by molar-refractivity contribution is 6.31. The number of halogens is 1. The van der Waals surface area contributed by atoms with E-state index in [1.807, 2.05) is 6.07 Å². The molecule has 94 valence electrons. The van der Waals surface area contributed by atoms with Crippen LogP contribution in [0.5, 0.6) is 0 Å². The minimum atomic E-state index is -0.941. The number of benzene rings is 1. The van der Waals surface area contributed by atoms with Crippen molar-refractivity contribution in [3.8, 4) is 6.07 Å². The van der Waals surface area contributed by atoms with Crippen LogP contribution in [0.3, 0.4) is 0 Å². The molecule has 0 radical (unpaired) electrons. The first kappa shape index (κ1) is 14.0. The summed E-state index contributed by atoms with van der Waals surface area (Å²) < 4.78 is 0. The van der Waals surface area contributed by atoms with Crippen molar-refractivity contribution in [2.24, 2.45) is 0 Å². The van der Waals surface area contributed by atoms with Crippen LogP contribution in [0.1, 0.15) is 24.8 Å². The first-order valence-corrected chi connectivity index (χ1v) is 5.62. The van der Waals surface area contributed by atoms with Gasteiger partial charge >= 0.3 is 5.97 Å². The molecule has 1 aromatic rings. The Hall–Kier alpha value is -2.06. The Kier molecular flexibility index (Phi) is 5.15. The molecule has 0 spiro atoms. The number of carboxylic acids is 1. The fourth-order valence-electron chi connectivity index (χ4n) is 1.33. The Morgan fingerprint density at radius 2 is 2.11 bits per heavy atom. The van der Waals surface area contributed by atoms with Gasteiger partial charge in [0.1, 0.15) is 6.07 Å². The lowest BCUT2D eigenvalue weighted by Crippen LogP contribution is -2.12. The Morgan fingerprint density at radius 3 is 2.72 bits per heavy atom. The van der Waals surface area contributed by atoms with E-state index < -0.39 is 5.97 Å². The third-order valence-electron chi connectivity index (χ3n) is 2.17. The Balaban J connectivity index is 2.61. The zero-order valence-corrected chi connectivity index (χ0v) is 10.2. The zero-order chi connectivity index (χ0) is 13.5. The van der Waals surface area contributed by atoms with Crippen LogP contribution in [-0.2, 0) is 9.59 Å². The number of nitrogens with zero attached hydrogens (tertiary/aromatic N) is 1. The SMILES string of the molecule is N#Cc1ccc(Cl)cc1NC(=O)CCCC(=O)O. The van der Waals surface area contributed by atoms with Crippen LogP contribution >= 0.6 is 11.6 Å². The lowest BCUT2D eigenvalue weighted by molar-refractivity contribution is -0.137. The molecular weight excluding hydrogens is 256 g/mol. The van der Waals surface area contributed by atoms with Crippen molar-refractivity contribution in [1.29, 1.82) is 5.26 Å². The average Bonchev–Trinajstić information content (AvgIpc) is 2.28. The van der Waals surface area contributed by atoms with Gasteiger partial charge in [0, 0.05) is 17.9 Å². The third-order valence-corrected chi connectivity index (χ3v) is 2.41. The number of nitriles is 1. The second-order valence-electron chi connectivity index (χ2n) is 3.60. The van der Waals surface area contributed by atoms with E-state index in [0.717, 1.165) is 0 Å². The zero-order valence-electron chi connectivity index (χ0n) is 9.44. The van der Waals surface area contributed by atoms with Gasteiger partial charge in [-0.15, -0.1) is 0 Å². The summed E-state index contributed by atoms with van der Waals surface area (Å²) in [6.45, 7) is 0. The van der Waals surface area contributed by atoms with Crippen LogP contribution in [0, 0.1) is 11.3 Å². The van der Waals surface area contributed by atoms with E-state index in [-0.39, 0.29) is 25.2 Å². The molecule has 2 N–H and O–H groups in total. The second kappa shape index (κ2) is 6.62. The number of carbonyl (C=O) groups is 2. The Labute approximate surface area is 109 Å². The van der Waals surface area contributed by atoms with Crippen molar-refractivity contribution in [1.82, 2.24) is 0 Å². The van der Waals surface area contributed by atoms with Crippen molar-refractivity contribution in [2.75, 3.05) is 5.32 Å². The van der Waals surface area contributed by atoms with E-state index >= 15 is 0 Å². The number of anilines is 1.